The number of hydrogen-bond acceptors (Lipinski definition) is 4. The molecule has 0 aliphatic carbocycles. The Bertz CT molecular complexity index is 810. The lowest BCUT2D eigenvalue weighted by atomic mass is 9.92. The van der Waals surface area contributed by atoms with Gasteiger partial charge in [0.15, 0.2) is 5.60 Å². The summed E-state index contributed by atoms with van der Waals surface area (Å²) in [5.41, 5.74) is 7.55. The number of hydrogen-bond donors (Lipinski definition) is 2. The first kappa shape index (κ1) is 17.2. The van der Waals surface area contributed by atoms with Crippen molar-refractivity contribution in [1.29, 1.82) is 5.26 Å². The highest BCUT2D eigenvalue weighted by atomic mass is 16.3. The molecule has 0 bridgehead atoms. The summed E-state index contributed by atoms with van der Waals surface area (Å²) < 4.78 is 0. The summed E-state index contributed by atoms with van der Waals surface area (Å²) in [6.07, 6.45) is 1.16. The van der Waals surface area contributed by atoms with Crippen LogP contribution < -0.4 is 5.73 Å². The van der Waals surface area contributed by atoms with E-state index in [4.69, 9.17) is 5.73 Å². The number of rotatable bonds is 4. The van der Waals surface area contributed by atoms with E-state index < -0.39 is 11.5 Å². The number of amides is 1. The van der Waals surface area contributed by atoms with Crippen LogP contribution >= 0.6 is 0 Å². The topological polar surface area (TPSA) is 90.3 Å². The standard InChI is InChI=1S/C20H21N3O2/c21-12-17-4-1-2-5-18(17)16-8-6-15(7-9-16)13-23-11-3-10-20(25,14-23)19(22)24/h1-2,4-9,25H,3,10-11,13-14H2,(H2,22,24). The largest absolute Gasteiger partial charge is 0.379 e. The van der Waals surface area contributed by atoms with Crippen LogP contribution in [0.15, 0.2) is 48.5 Å². The summed E-state index contributed by atoms with van der Waals surface area (Å²) in [5, 5.41) is 19.5. The number of β-amino-alcohol motifs (C(OH)–C–C–N with tert-alkyl or cyclic N) is 1. The number of nitrogens with two attached hydrogens (primary N) is 1. The minimum Gasteiger partial charge on any atom is -0.379 e. The number of carbonyl (C=O) groups is 1. The quantitative estimate of drug-likeness (QED) is 0.894. The minimum atomic E-state index is -1.43. The number of nitriles is 1. The van der Waals surface area contributed by atoms with Crippen molar-refractivity contribution < 1.29 is 9.90 Å². The van der Waals surface area contributed by atoms with Crippen molar-refractivity contribution in [3.63, 3.8) is 0 Å². The maximum atomic E-state index is 11.5. The highest BCUT2D eigenvalue weighted by molar-refractivity contribution is 5.83. The van der Waals surface area contributed by atoms with Gasteiger partial charge in [-0.15, -0.1) is 0 Å². The van der Waals surface area contributed by atoms with Gasteiger partial charge in [0.1, 0.15) is 0 Å². The Morgan fingerprint density at radius 1 is 1.24 bits per heavy atom. The maximum absolute atomic E-state index is 11.5. The monoisotopic (exact) mass is 335 g/mol. The molecule has 2 aromatic carbocycles. The Kier molecular flexibility index (Phi) is 4.84. The predicted molar refractivity (Wildman–Crippen MR) is 95.2 cm³/mol. The van der Waals surface area contributed by atoms with Gasteiger partial charge in [-0.3, -0.25) is 9.69 Å². The Morgan fingerprint density at radius 2 is 1.96 bits per heavy atom. The van der Waals surface area contributed by atoms with E-state index in [1.165, 1.54) is 0 Å². The van der Waals surface area contributed by atoms with Gasteiger partial charge in [-0.25, -0.2) is 0 Å². The molecule has 3 N–H and O–H groups in total. The van der Waals surface area contributed by atoms with E-state index in [2.05, 4.69) is 6.07 Å². The molecule has 1 amide bonds. The SMILES string of the molecule is N#Cc1ccccc1-c1ccc(CN2CCCC(O)(C(N)=O)C2)cc1. The molecule has 0 radical (unpaired) electrons. The molecule has 5 nitrogen and oxygen atoms in total. The molecule has 1 aliphatic rings. The molecular weight excluding hydrogens is 314 g/mol. The zero-order valence-electron chi connectivity index (χ0n) is 14.0. The fourth-order valence-electron chi connectivity index (χ4n) is 3.34. The highest BCUT2D eigenvalue weighted by Crippen LogP contribution is 2.25. The lowest BCUT2D eigenvalue weighted by Crippen LogP contribution is -2.55. The number of piperidine rings is 1. The van der Waals surface area contributed by atoms with Crippen LogP contribution in [0.2, 0.25) is 0 Å². The van der Waals surface area contributed by atoms with Crippen molar-refractivity contribution in [3.8, 4) is 17.2 Å². The molecule has 1 fully saturated rings. The van der Waals surface area contributed by atoms with E-state index in [1.807, 2.05) is 53.4 Å². The van der Waals surface area contributed by atoms with Crippen molar-refractivity contribution in [1.82, 2.24) is 4.90 Å². The van der Waals surface area contributed by atoms with Crippen LogP contribution in [-0.2, 0) is 11.3 Å². The van der Waals surface area contributed by atoms with E-state index in [1.54, 1.807) is 0 Å². The zero-order valence-corrected chi connectivity index (χ0v) is 14.0. The third kappa shape index (κ3) is 3.71. The number of nitrogens with zero attached hydrogens (tertiary/aromatic N) is 2. The first-order chi connectivity index (χ1) is 12.0. The van der Waals surface area contributed by atoms with Crippen molar-refractivity contribution in [3.05, 3.63) is 59.7 Å². The zero-order chi connectivity index (χ0) is 17.9. The van der Waals surface area contributed by atoms with Crippen molar-refractivity contribution >= 4 is 5.91 Å². The second kappa shape index (κ2) is 7.06. The number of primary amides is 1. The van der Waals surface area contributed by atoms with E-state index in [-0.39, 0.29) is 6.54 Å². The van der Waals surface area contributed by atoms with Gasteiger partial charge in [-0.2, -0.15) is 5.26 Å². The summed E-state index contributed by atoms with van der Waals surface area (Å²) in [7, 11) is 0. The molecule has 1 aliphatic heterocycles. The molecule has 0 saturated carbocycles. The molecular formula is C20H21N3O2. The normalized spacial score (nSPS) is 20.8. The van der Waals surface area contributed by atoms with Crippen molar-refractivity contribution in [2.45, 2.75) is 25.0 Å². The van der Waals surface area contributed by atoms with Gasteiger partial charge in [0.2, 0.25) is 0 Å². The fraction of sp³-hybridized carbons (Fsp3) is 0.300. The lowest BCUT2D eigenvalue weighted by Gasteiger charge is -2.37. The first-order valence-corrected chi connectivity index (χ1v) is 8.35. The van der Waals surface area contributed by atoms with Gasteiger partial charge in [0.25, 0.3) is 5.91 Å². The average Bonchev–Trinajstić information content (AvgIpc) is 2.62. The van der Waals surface area contributed by atoms with E-state index in [0.29, 0.717) is 18.5 Å². The molecule has 3 rings (SSSR count). The second-order valence-corrected chi connectivity index (χ2v) is 6.56. The van der Waals surface area contributed by atoms with E-state index in [0.717, 1.165) is 29.7 Å². The van der Waals surface area contributed by atoms with Crippen LogP contribution in [-0.4, -0.2) is 34.6 Å². The van der Waals surface area contributed by atoms with E-state index in [9.17, 15) is 15.2 Å². The molecule has 25 heavy (non-hydrogen) atoms. The average molecular weight is 335 g/mol. The second-order valence-electron chi connectivity index (χ2n) is 6.56. The van der Waals surface area contributed by atoms with Gasteiger partial charge in [0.05, 0.1) is 11.6 Å². The molecule has 2 aromatic rings. The Hall–Kier alpha value is -2.68. The van der Waals surface area contributed by atoms with Crippen LogP contribution in [0.3, 0.4) is 0 Å². The molecule has 128 valence electrons. The molecule has 1 unspecified atom stereocenters. The van der Waals surface area contributed by atoms with Crippen molar-refractivity contribution in [2.24, 2.45) is 5.73 Å². The number of aliphatic hydroxyl groups is 1. The van der Waals surface area contributed by atoms with Crippen LogP contribution in [0.5, 0.6) is 0 Å². The number of carbonyl (C=O) groups excluding carboxylic acids is 1. The van der Waals surface area contributed by atoms with Crippen LogP contribution in [0.1, 0.15) is 24.0 Å². The molecule has 1 atom stereocenters. The fourth-order valence-corrected chi connectivity index (χ4v) is 3.34. The summed E-state index contributed by atoms with van der Waals surface area (Å²) in [4.78, 5) is 13.5. The molecule has 0 aromatic heterocycles. The van der Waals surface area contributed by atoms with Crippen LogP contribution in [0.25, 0.3) is 11.1 Å². The van der Waals surface area contributed by atoms with Gasteiger partial charge < -0.3 is 10.8 Å². The third-order valence-electron chi connectivity index (χ3n) is 4.73. The smallest absolute Gasteiger partial charge is 0.250 e. The van der Waals surface area contributed by atoms with E-state index >= 15 is 0 Å². The van der Waals surface area contributed by atoms with Gasteiger partial charge in [-0.05, 0) is 42.1 Å². The molecule has 5 heteroatoms. The lowest BCUT2D eigenvalue weighted by molar-refractivity contribution is -0.142. The molecule has 1 saturated heterocycles. The summed E-state index contributed by atoms with van der Waals surface area (Å²) >= 11 is 0. The number of likely N-dealkylation sites (tertiary alicyclic amines) is 1. The highest BCUT2D eigenvalue weighted by Gasteiger charge is 2.38. The minimum absolute atomic E-state index is 0.265. The summed E-state index contributed by atoms with van der Waals surface area (Å²) in [5.74, 6) is -0.652. The van der Waals surface area contributed by atoms with Gasteiger partial charge >= 0.3 is 0 Å². The van der Waals surface area contributed by atoms with Gasteiger partial charge in [0, 0.05) is 13.1 Å². The Balaban J connectivity index is 1.73. The molecule has 1 heterocycles. The van der Waals surface area contributed by atoms with Crippen LogP contribution in [0, 0.1) is 11.3 Å². The predicted octanol–water partition coefficient (Wildman–Crippen LogP) is 2.04. The molecule has 0 spiro atoms. The van der Waals surface area contributed by atoms with Crippen LogP contribution in [0.4, 0.5) is 0 Å². The Morgan fingerprint density at radius 3 is 2.64 bits per heavy atom. The third-order valence-corrected chi connectivity index (χ3v) is 4.73. The Labute approximate surface area is 147 Å². The summed E-state index contributed by atoms with van der Waals surface area (Å²) in [6.45, 7) is 1.74. The maximum Gasteiger partial charge on any atom is 0.250 e. The first-order valence-electron chi connectivity index (χ1n) is 8.35. The van der Waals surface area contributed by atoms with Gasteiger partial charge in [-0.1, -0.05) is 42.5 Å². The summed E-state index contributed by atoms with van der Waals surface area (Å²) in [6, 6.07) is 17.8. The number of benzene rings is 2. The van der Waals surface area contributed by atoms with Crippen molar-refractivity contribution in [2.75, 3.05) is 13.1 Å².